The third-order valence-electron chi connectivity index (χ3n) is 4.51. The van der Waals surface area contributed by atoms with Crippen molar-refractivity contribution in [1.29, 1.82) is 0 Å². The Morgan fingerprint density at radius 3 is 2.20 bits per heavy atom. The van der Waals surface area contributed by atoms with E-state index in [2.05, 4.69) is 4.99 Å². The van der Waals surface area contributed by atoms with Gasteiger partial charge in [-0.05, 0) is 53.2 Å². The Bertz CT molecular complexity index is 1120. The van der Waals surface area contributed by atoms with E-state index in [1.54, 1.807) is 29.2 Å². The van der Waals surface area contributed by atoms with Crippen LogP contribution in [0.1, 0.15) is 21.5 Å². The molecule has 3 aromatic rings. The van der Waals surface area contributed by atoms with Crippen molar-refractivity contribution in [2.75, 3.05) is 0 Å². The maximum Gasteiger partial charge on any atom is 0.335 e. The number of para-hydroxylation sites is 1. The van der Waals surface area contributed by atoms with E-state index in [0.29, 0.717) is 16.6 Å². The van der Waals surface area contributed by atoms with E-state index in [-0.39, 0.29) is 11.5 Å². The highest BCUT2D eigenvalue weighted by molar-refractivity contribution is 8.18. The maximum absolute atomic E-state index is 13.2. The second kappa shape index (κ2) is 8.80. The van der Waals surface area contributed by atoms with Crippen molar-refractivity contribution in [1.82, 2.24) is 4.90 Å². The number of carboxylic acids is 1. The van der Waals surface area contributed by atoms with Gasteiger partial charge in [-0.3, -0.25) is 9.69 Å². The molecule has 1 fully saturated rings. The molecule has 0 aliphatic carbocycles. The van der Waals surface area contributed by atoms with E-state index in [1.165, 1.54) is 11.8 Å². The van der Waals surface area contributed by atoms with Gasteiger partial charge in [-0.25, -0.2) is 9.79 Å². The van der Waals surface area contributed by atoms with Gasteiger partial charge in [-0.15, -0.1) is 0 Å². The summed E-state index contributed by atoms with van der Waals surface area (Å²) < 4.78 is 0. The summed E-state index contributed by atoms with van der Waals surface area (Å²) >= 11 is 1.34. The molecule has 3 aromatic carbocycles. The number of rotatable bonds is 5. The predicted molar refractivity (Wildman–Crippen MR) is 119 cm³/mol. The Labute approximate surface area is 178 Å². The molecule has 6 heteroatoms. The minimum Gasteiger partial charge on any atom is -0.478 e. The summed E-state index contributed by atoms with van der Waals surface area (Å²) in [5.41, 5.74) is 2.75. The van der Waals surface area contributed by atoms with Gasteiger partial charge in [0.2, 0.25) is 0 Å². The molecule has 1 amide bonds. The maximum atomic E-state index is 13.2. The molecule has 0 spiro atoms. The molecule has 0 bridgehead atoms. The fraction of sp³-hybridized carbons (Fsp3) is 0.0417. The van der Waals surface area contributed by atoms with Gasteiger partial charge in [-0.2, -0.15) is 0 Å². The number of amidine groups is 1. The Kier molecular flexibility index (Phi) is 5.77. The standard InChI is InChI=1S/C24H18N2O3S/c27-22-21(15-17-7-3-1-4-8-17)30-24(25-20-9-5-2-6-10-20)26(22)16-18-11-13-19(14-12-18)23(28)29/h1-15H,16H2,(H,28,29)/b21-15+,25-24?. The van der Waals surface area contributed by atoms with Crippen molar-refractivity contribution in [3.63, 3.8) is 0 Å². The van der Waals surface area contributed by atoms with Crippen molar-refractivity contribution in [2.24, 2.45) is 4.99 Å². The molecule has 30 heavy (non-hydrogen) atoms. The first kappa shape index (κ1) is 19.7. The normalized spacial score (nSPS) is 16.4. The summed E-state index contributed by atoms with van der Waals surface area (Å²) in [6.07, 6.45) is 1.86. The molecule has 1 heterocycles. The Morgan fingerprint density at radius 2 is 1.57 bits per heavy atom. The van der Waals surface area contributed by atoms with E-state index in [1.807, 2.05) is 66.7 Å². The van der Waals surface area contributed by atoms with Gasteiger partial charge < -0.3 is 5.11 Å². The SMILES string of the molecule is O=C(O)c1ccc(CN2C(=O)/C(=C\c3ccccc3)SC2=Nc2ccccc2)cc1. The number of aliphatic imine (C=N–C) groups is 1. The first-order valence-corrected chi connectivity index (χ1v) is 10.1. The van der Waals surface area contributed by atoms with Crippen LogP contribution < -0.4 is 0 Å². The molecular weight excluding hydrogens is 396 g/mol. The number of hydrogen-bond acceptors (Lipinski definition) is 4. The van der Waals surface area contributed by atoms with Crippen LogP contribution in [0.15, 0.2) is 94.8 Å². The number of carbonyl (C=O) groups is 2. The second-order valence-corrected chi connectivity index (χ2v) is 7.65. The lowest BCUT2D eigenvalue weighted by Gasteiger charge is -2.16. The minimum atomic E-state index is -0.978. The molecular formula is C24H18N2O3S. The average molecular weight is 414 g/mol. The van der Waals surface area contributed by atoms with Crippen molar-refractivity contribution < 1.29 is 14.7 Å². The molecule has 1 saturated heterocycles. The molecule has 1 N–H and O–H groups in total. The van der Waals surface area contributed by atoms with Crippen LogP contribution in [0.3, 0.4) is 0 Å². The monoisotopic (exact) mass is 414 g/mol. The molecule has 0 saturated carbocycles. The summed E-state index contributed by atoms with van der Waals surface area (Å²) in [4.78, 5) is 31.1. The van der Waals surface area contributed by atoms with Crippen molar-refractivity contribution in [2.45, 2.75) is 6.54 Å². The molecule has 1 aliphatic heterocycles. The Balaban J connectivity index is 1.67. The van der Waals surface area contributed by atoms with Gasteiger partial charge >= 0.3 is 5.97 Å². The van der Waals surface area contributed by atoms with Gasteiger partial charge in [0.25, 0.3) is 5.91 Å². The molecule has 0 radical (unpaired) electrons. The first-order chi connectivity index (χ1) is 14.6. The smallest absolute Gasteiger partial charge is 0.335 e. The van der Waals surface area contributed by atoms with Crippen LogP contribution in [0.2, 0.25) is 0 Å². The third kappa shape index (κ3) is 4.50. The first-order valence-electron chi connectivity index (χ1n) is 9.32. The fourth-order valence-electron chi connectivity index (χ4n) is 2.98. The highest BCUT2D eigenvalue weighted by Crippen LogP contribution is 2.35. The number of carboxylic acid groups (broad SMARTS) is 1. The number of amides is 1. The molecule has 4 rings (SSSR count). The number of carbonyl (C=O) groups excluding carboxylic acids is 1. The zero-order valence-corrected chi connectivity index (χ0v) is 16.8. The second-order valence-electron chi connectivity index (χ2n) is 6.64. The number of benzene rings is 3. The fourth-order valence-corrected chi connectivity index (χ4v) is 3.98. The zero-order valence-electron chi connectivity index (χ0n) is 15.9. The van der Waals surface area contributed by atoms with Crippen molar-refractivity contribution in [3.05, 3.63) is 107 Å². The number of thioether (sulfide) groups is 1. The number of aromatic carboxylic acids is 1. The van der Waals surface area contributed by atoms with Gasteiger partial charge in [0.15, 0.2) is 5.17 Å². The van der Waals surface area contributed by atoms with Crippen LogP contribution in [-0.2, 0) is 11.3 Å². The number of hydrogen-bond donors (Lipinski definition) is 1. The lowest BCUT2D eigenvalue weighted by Crippen LogP contribution is -2.28. The van der Waals surface area contributed by atoms with Crippen molar-refractivity contribution in [3.8, 4) is 0 Å². The number of nitrogens with zero attached hydrogens (tertiary/aromatic N) is 2. The summed E-state index contributed by atoms with van der Waals surface area (Å²) in [6, 6.07) is 25.7. The average Bonchev–Trinajstić information content (AvgIpc) is 3.04. The van der Waals surface area contributed by atoms with E-state index in [4.69, 9.17) is 5.11 Å². The summed E-state index contributed by atoms with van der Waals surface area (Å²) in [7, 11) is 0. The third-order valence-corrected chi connectivity index (χ3v) is 5.51. The summed E-state index contributed by atoms with van der Waals surface area (Å²) in [5, 5.41) is 9.68. The van der Waals surface area contributed by atoms with Crippen LogP contribution in [-0.4, -0.2) is 27.1 Å². The van der Waals surface area contributed by atoms with Gasteiger partial charge in [-0.1, -0.05) is 60.7 Å². The Hall–Kier alpha value is -3.64. The van der Waals surface area contributed by atoms with Crippen LogP contribution in [0, 0.1) is 0 Å². The van der Waals surface area contributed by atoms with E-state index < -0.39 is 5.97 Å². The largest absolute Gasteiger partial charge is 0.478 e. The van der Waals surface area contributed by atoms with Crippen LogP contribution in [0.4, 0.5) is 5.69 Å². The molecule has 0 unspecified atom stereocenters. The summed E-state index contributed by atoms with van der Waals surface area (Å²) in [6.45, 7) is 0.309. The van der Waals surface area contributed by atoms with E-state index in [9.17, 15) is 9.59 Å². The summed E-state index contributed by atoms with van der Waals surface area (Å²) in [5.74, 6) is -1.10. The van der Waals surface area contributed by atoms with Crippen LogP contribution in [0.25, 0.3) is 6.08 Å². The van der Waals surface area contributed by atoms with Gasteiger partial charge in [0, 0.05) is 0 Å². The highest BCUT2D eigenvalue weighted by atomic mass is 32.2. The topological polar surface area (TPSA) is 70.0 Å². The van der Waals surface area contributed by atoms with Crippen molar-refractivity contribution >= 4 is 40.6 Å². The molecule has 5 nitrogen and oxygen atoms in total. The lowest BCUT2D eigenvalue weighted by molar-refractivity contribution is -0.122. The predicted octanol–water partition coefficient (Wildman–Crippen LogP) is 5.19. The lowest BCUT2D eigenvalue weighted by atomic mass is 10.1. The molecule has 148 valence electrons. The highest BCUT2D eigenvalue weighted by Gasteiger charge is 2.33. The van der Waals surface area contributed by atoms with Gasteiger partial charge in [0.1, 0.15) is 0 Å². The zero-order chi connectivity index (χ0) is 20.9. The quantitative estimate of drug-likeness (QED) is 0.584. The van der Waals surface area contributed by atoms with Crippen LogP contribution >= 0.6 is 11.8 Å². The Morgan fingerprint density at radius 1 is 0.933 bits per heavy atom. The molecule has 1 aliphatic rings. The van der Waals surface area contributed by atoms with Gasteiger partial charge in [0.05, 0.1) is 22.7 Å². The minimum absolute atomic E-state index is 0.124. The molecule has 0 aromatic heterocycles. The van der Waals surface area contributed by atoms with Crippen LogP contribution in [0.5, 0.6) is 0 Å². The van der Waals surface area contributed by atoms with E-state index >= 15 is 0 Å². The molecule has 0 atom stereocenters. The van der Waals surface area contributed by atoms with E-state index in [0.717, 1.165) is 16.8 Å².